The first-order valence-corrected chi connectivity index (χ1v) is 4.05. The van der Waals surface area contributed by atoms with Gasteiger partial charge in [-0.3, -0.25) is 5.32 Å². The summed E-state index contributed by atoms with van der Waals surface area (Å²) in [5, 5.41) is 10.8. The van der Waals surface area contributed by atoms with Crippen LogP contribution >= 0.6 is 15.9 Å². The van der Waals surface area contributed by atoms with Crippen molar-refractivity contribution in [2.75, 3.05) is 5.32 Å². The van der Waals surface area contributed by atoms with Crippen molar-refractivity contribution < 1.29 is 4.39 Å². The van der Waals surface area contributed by atoms with Crippen LogP contribution in [0.3, 0.4) is 0 Å². The highest BCUT2D eigenvalue weighted by Gasteiger charge is 2.03. The maximum atomic E-state index is 12.8. The van der Waals surface area contributed by atoms with E-state index in [4.69, 9.17) is 5.26 Å². The third kappa shape index (κ3) is 1.74. The minimum absolute atomic E-state index is 0.323. The molecule has 1 aromatic carbocycles. The number of halogens is 2. The standard InChI is InChI=1S/C8H6BrFN2/c1-5-2-7(10)6(9)3-8(5)12-4-11/h2-3,12H,1H3. The molecular weight excluding hydrogens is 223 g/mol. The lowest BCUT2D eigenvalue weighted by Gasteiger charge is -2.03. The summed E-state index contributed by atoms with van der Waals surface area (Å²) >= 11 is 3.03. The molecule has 0 heterocycles. The van der Waals surface area contributed by atoms with E-state index in [2.05, 4.69) is 21.2 Å². The molecule has 1 aromatic rings. The summed E-state index contributed by atoms with van der Waals surface area (Å²) in [6.07, 6.45) is 1.78. The molecular formula is C8H6BrFN2. The lowest BCUT2D eigenvalue weighted by atomic mass is 10.2. The number of hydrogen-bond acceptors (Lipinski definition) is 2. The number of hydrogen-bond donors (Lipinski definition) is 1. The van der Waals surface area contributed by atoms with Crippen molar-refractivity contribution in [2.24, 2.45) is 0 Å². The van der Waals surface area contributed by atoms with Crippen molar-refractivity contribution in [3.05, 3.63) is 28.0 Å². The van der Waals surface area contributed by atoms with Gasteiger partial charge in [0.05, 0.1) is 10.2 Å². The molecule has 0 aliphatic heterocycles. The maximum Gasteiger partial charge on any atom is 0.181 e. The molecule has 0 radical (unpaired) electrons. The zero-order chi connectivity index (χ0) is 9.14. The summed E-state index contributed by atoms with van der Waals surface area (Å²) in [7, 11) is 0. The summed E-state index contributed by atoms with van der Waals surface area (Å²) in [5.41, 5.74) is 1.32. The molecule has 0 bridgehead atoms. The van der Waals surface area contributed by atoms with Crippen molar-refractivity contribution in [3.63, 3.8) is 0 Å². The summed E-state index contributed by atoms with van der Waals surface area (Å²) in [6, 6.07) is 2.90. The predicted octanol–water partition coefficient (Wildman–Crippen LogP) is 2.79. The van der Waals surface area contributed by atoms with Crippen LogP contribution in [-0.2, 0) is 0 Å². The minimum Gasteiger partial charge on any atom is -0.293 e. The van der Waals surface area contributed by atoms with Gasteiger partial charge in [0.15, 0.2) is 6.19 Å². The Kier molecular flexibility index (Phi) is 2.66. The first kappa shape index (κ1) is 9.01. The number of benzene rings is 1. The van der Waals surface area contributed by atoms with Crippen molar-refractivity contribution in [1.29, 1.82) is 5.26 Å². The van der Waals surface area contributed by atoms with E-state index < -0.39 is 0 Å². The Morgan fingerprint density at radius 1 is 1.58 bits per heavy atom. The summed E-state index contributed by atoms with van der Waals surface area (Å²) in [5.74, 6) is -0.323. The average Bonchev–Trinajstić information content (AvgIpc) is 2.01. The van der Waals surface area contributed by atoms with Gasteiger partial charge in [-0.1, -0.05) is 0 Å². The topological polar surface area (TPSA) is 35.8 Å². The van der Waals surface area contributed by atoms with E-state index in [0.29, 0.717) is 15.7 Å². The van der Waals surface area contributed by atoms with E-state index in [1.807, 2.05) is 0 Å². The molecule has 0 aliphatic rings. The van der Waals surface area contributed by atoms with Gasteiger partial charge < -0.3 is 0 Å². The fraction of sp³-hybridized carbons (Fsp3) is 0.125. The summed E-state index contributed by atoms with van der Waals surface area (Å²) in [4.78, 5) is 0. The molecule has 0 saturated heterocycles. The fourth-order valence-electron chi connectivity index (χ4n) is 0.841. The Hall–Kier alpha value is -1.08. The smallest absolute Gasteiger partial charge is 0.181 e. The van der Waals surface area contributed by atoms with Gasteiger partial charge in [0.2, 0.25) is 0 Å². The Bertz CT molecular complexity index is 344. The van der Waals surface area contributed by atoms with Crippen molar-refractivity contribution in [3.8, 4) is 6.19 Å². The molecule has 4 heteroatoms. The molecule has 0 fully saturated rings. The van der Waals surface area contributed by atoms with Gasteiger partial charge in [-0.2, -0.15) is 5.26 Å². The monoisotopic (exact) mass is 228 g/mol. The number of anilines is 1. The Morgan fingerprint density at radius 2 is 2.25 bits per heavy atom. The second-order valence-corrected chi connectivity index (χ2v) is 3.17. The number of nitrogens with zero attached hydrogens (tertiary/aromatic N) is 1. The number of aryl methyl sites for hydroxylation is 1. The minimum atomic E-state index is -0.323. The van der Waals surface area contributed by atoms with E-state index in [9.17, 15) is 4.39 Å². The van der Waals surface area contributed by atoms with Crippen LogP contribution in [0, 0.1) is 24.2 Å². The molecule has 0 spiro atoms. The highest BCUT2D eigenvalue weighted by atomic mass is 79.9. The van der Waals surface area contributed by atoms with E-state index in [0.717, 1.165) is 0 Å². The van der Waals surface area contributed by atoms with Gasteiger partial charge in [-0.25, -0.2) is 4.39 Å². The van der Waals surface area contributed by atoms with E-state index in [1.54, 1.807) is 13.1 Å². The van der Waals surface area contributed by atoms with Crippen molar-refractivity contribution >= 4 is 21.6 Å². The van der Waals surface area contributed by atoms with Gasteiger partial charge >= 0.3 is 0 Å². The number of nitriles is 1. The van der Waals surface area contributed by atoms with Gasteiger partial charge in [-0.15, -0.1) is 0 Å². The van der Waals surface area contributed by atoms with Crippen LogP contribution in [-0.4, -0.2) is 0 Å². The molecule has 0 aromatic heterocycles. The second-order valence-electron chi connectivity index (χ2n) is 2.32. The molecule has 0 aliphatic carbocycles. The molecule has 62 valence electrons. The molecule has 1 rings (SSSR count). The van der Waals surface area contributed by atoms with Crippen LogP contribution in [0.1, 0.15) is 5.56 Å². The van der Waals surface area contributed by atoms with E-state index in [-0.39, 0.29) is 5.82 Å². The van der Waals surface area contributed by atoms with E-state index in [1.165, 1.54) is 12.1 Å². The molecule has 0 atom stereocenters. The maximum absolute atomic E-state index is 12.8. The Balaban J connectivity index is 3.16. The van der Waals surface area contributed by atoms with Crippen LogP contribution in [0.15, 0.2) is 16.6 Å². The molecule has 0 saturated carbocycles. The molecule has 12 heavy (non-hydrogen) atoms. The first-order chi connectivity index (χ1) is 5.65. The molecule has 1 N–H and O–H groups in total. The predicted molar refractivity (Wildman–Crippen MR) is 48.1 cm³/mol. The largest absolute Gasteiger partial charge is 0.293 e. The van der Waals surface area contributed by atoms with Crippen molar-refractivity contribution in [1.82, 2.24) is 0 Å². The Labute approximate surface area is 78.1 Å². The lowest BCUT2D eigenvalue weighted by Crippen LogP contribution is -1.92. The molecule has 0 amide bonds. The highest BCUT2D eigenvalue weighted by molar-refractivity contribution is 9.10. The van der Waals surface area contributed by atoms with Crippen LogP contribution in [0.5, 0.6) is 0 Å². The fourth-order valence-corrected chi connectivity index (χ4v) is 1.18. The van der Waals surface area contributed by atoms with Gasteiger partial charge in [-0.05, 0) is 40.5 Å². The quantitative estimate of drug-likeness (QED) is 0.593. The van der Waals surface area contributed by atoms with Gasteiger partial charge in [0, 0.05) is 0 Å². The second kappa shape index (κ2) is 3.55. The highest BCUT2D eigenvalue weighted by Crippen LogP contribution is 2.23. The van der Waals surface area contributed by atoms with Crippen LogP contribution in [0.4, 0.5) is 10.1 Å². The van der Waals surface area contributed by atoms with E-state index >= 15 is 0 Å². The Morgan fingerprint density at radius 3 is 2.83 bits per heavy atom. The lowest BCUT2D eigenvalue weighted by molar-refractivity contribution is 0.620. The molecule has 0 unspecified atom stereocenters. The third-order valence-electron chi connectivity index (χ3n) is 1.46. The number of nitrogens with one attached hydrogen (secondary N) is 1. The molecule has 2 nitrogen and oxygen atoms in total. The normalized spacial score (nSPS) is 9.17. The van der Waals surface area contributed by atoms with Crippen molar-refractivity contribution in [2.45, 2.75) is 6.92 Å². The van der Waals surface area contributed by atoms with Gasteiger partial charge in [0.1, 0.15) is 5.82 Å². The summed E-state index contributed by atoms with van der Waals surface area (Å²) < 4.78 is 13.2. The zero-order valence-electron chi connectivity index (χ0n) is 6.36. The van der Waals surface area contributed by atoms with Crippen LogP contribution in [0.2, 0.25) is 0 Å². The zero-order valence-corrected chi connectivity index (χ0v) is 7.94. The first-order valence-electron chi connectivity index (χ1n) is 3.26. The summed E-state index contributed by atoms with van der Waals surface area (Å²) in [6.45, 7) is 1.73. The SMILES string of the molecule is Cc1cc(F)c(Br)cc1NC#N. The number of rotatable bonds is 1. The van der Waals surface area contributed by atoms with Gasteiger partial charge in [0.25, 0.3) is 0 Å². The van der Waals surface area contributed by atoms with Crippen LogP contribution in [0.25, 0.3) is 0 Å². The third-order valence-corrected chi connectivity index (χ3v) is 2.07. The van der Waals surface area contributed by atoms with Crippen LogP contribution < -0.4 is 5.32 Å². The average molecular weight is 229 g/mol.